The molecule has 0 saturated carbocycles. The molecule has 0 saturated heterocycles. The van der Waals surface area contributed by atoms with E-state index in [4.69, 9.17) is 10.5 Å². The topological polar surface area (TPSA) is 35.2 Å². The molecule has 3 heteroatoms. The van der Waals surface area contributed by atoms with Crippen LogP contribution < -0.4 is 5.73 Å². The monoisotopic (exact) mass is 211 g/mol. The Labute approximate surface area is 90.2 Å². The molecule has 2 N–H and O–H groups in total. The van der Waals surface area contributed by atoms with Crippen molar-refractivity contribution in [3.05, 3.63) is 29.6 Å². The first kappa shape index (κ1) is 12.0. The fourth-order valence-electron chi connectivity index (χ4n) is 1.07. The number of hydrogen-bond donors (Lipinski definition) is 1. The normalized spacial score (nSPS) is 11.7. The molecule has 0 radical (unpaired) electrons. The SMILES string of the molecule is CCC(C)(C)OCc1ccc(F)cc1N. The van der Waals surface area contributed by atoms with Gasteiger partial charge in [0.15, 0.2) is 0 Å². The quantitative estimate of drug-likeness (QED) is 0.777. The highest BCUT2D eigenvalue weighted by molar-refractivity contribution is 5.46. The molecule has 0 heterocycles. The van der Waals surface area contributed by atoms with Crippen molar-refractivity contribution in [1.82, 2.24) is 0 Å². The van der Waals surface area contributed by atoms with Gasteiger partial charge in [0.05, 0.1) is 12.2 Å². The summed E-state index contributed by atoms with van der Waals surface area (Å²) in [5.41, 5.74) is 6.78. The number of anilines is 1. The van der Waals surface area contributed by atoms with Gasteiger partial charge in [-0.25, -0.2) is 4.39 Å². The molecule has 0 fully saturated rings. The first-order chi connectivity index (χ1) is 6.94. The van der Waals surface area contributed by atoms with Gasteiger partial charge in [0.2, 0.25) is 0 Å². The Morgan fingerprint density at radius 3 is 2.60 bits per heavy atom. The van der Waals surface area contributed by atoms with Crippen LogP contribution in [0.2, 0.25) is 0 Å². The Kier molecular flexibility index (Phi) is 3.69. The number of ether oxygens (including phenoxy) is 1. The third kappa shape index (κ3) is 3.51. The molecule has 1 rings (SSSR count). The average molecular weight is 211 g/mol. The van der Waals surface area contributed by atoms with Crippen LogP contribution in [-0.2, 0) is 11.3 Å². The second kappa shape index (κ2) is 4.62. The Hall–Kier alpha value is -1.09. The molecule has 0 amide bonds. The molecule has 0 atom stereocenters. The van der Waals surface area contributed by atoms with E-state index in [1.54, 1.807) is 6.07 Å². The minimum atomic E-state index is -0.314. The summed E-state index contributed by atoms with van der Waals surface area (Å²) in [6.07, 6.45) is 0.925. The summed E-state index contributed by atoms with van der Waals surface area (Å²) in [6, 6.07) is 4.38. The number of benzene rings is 1. The fraction of sp³-hybridized carbons (Fsp3) is 0.500. The molecule has 2 nitrogen and oxygen atoms in total. The van der Waals surface area contributed by atoms with E-state index in [9.17, 15) is 4.39 Å². The average Bonchev–Trinajstić information content (AvgIpc) is 2.16. The van der Waals surface area contributed by atoms with Gasteiger partial charge in [0.25, 0.3) is 0 Å². The van der Waals surface area contributed by atoms with Crippen molar-refractivity contribution in [2.24, 2.45) is 0 Å². The van der Waals surface area contributed by atoms with Crippen molar-refractivity contribution in [1.29, 1.82) is 0 Å². The number of halogens is 1. The number of hydrogen-bond acceptors (Lipinski definition) is 2. The lowest BCUT2D eigenvalue weighted by Gasteiger charge is -2.23. The first-order valence-electron chi connectivity index (χ1n) is 5.12. The number of nitrogen functional groups attached to an aromatic ring is 1. The maximum absolute atomic E-state index is 12.8. The predicted molar refractivity (Wildman–Crippen MR) is 60.0 cm³/mol. The predicted octanol–water partition coefficient (Wildman–Crippen LogP) is 3.11. The Balaban J connectivity index is 2.66. The van der Waals surface area contributed by atoms with Crippen LogP contribution in [0.5, 0.6) is 0 Å². The van der Waals surface area contributed by atoms with Crippen LogP contribution in [0.3, 0.4) is 0 Å². The van der Waals surface area contributed by atoms with Gasteiger partial charge in [-0.1, -0.05) is 13.0 Å². The van der Waals surface area contributed by atoms with Crippen molar-refractivity contribution in [3.63, 3.8) is 0 Å². The fourth-order valence-corrected chi connectivity index (χ4v) is 1.07. The van der Waals surface area contributed by atoms with Gasteiger partial charge in [-0.05, 0) is 32.4 Å². The largest absolute Gasteiger partial charge is 0.398 e. The molecule has 15 heavy (non-hydrogen) atoms. The molecular formula is C12H18FNO. The zero-order chi connectivity index (χ0) is 11.5. The summed E-state index contributed by atoms with van der Waals surface area (Å²) >= 11 is 0. The van der Waals surface area contributed by atoms with E-state index in [0.717, 1.165) is 12.0 Å². The summed E-state index contributed by atoms with van der Waals surface area (Å²) in [7, 11) is 0. The standard InChI is InChI=1S/C12H18FNO/c1-4-12(2,3)15-8-9-5-6-10(13)7-11(9)14/h5-7H,4,8,14H2,1-3H3. The highest BCUT2D eigenvalue weighted by Crippen LogP contribution is 2.20. The molecule has 1 aromatic rings. The van der Waals surface area contributed by atoms with Crippen molar-refractivity contribution >= 4 is 5.69 Å². The highest BCUT2D eigenvalue weighted by Gasteiger charge is 2.15. The molecule has 0 aliphatic carbocycles. The van der Waals surface area contributed by atoms with E-state index in [1.165, 1.54) is 12.1 Å². The smallest absolute Gasteiger partial charge is 0.125 e. The van der Waals surface area contributed by atoms with Gasteiger partial charge in [-0.15, -0.1) is 0 Å². The van der Waals surface area contributed by atoms with Crippen LogP contribution in [0.25, 0.3) is 0 Å². The molecule has 0 aliphatic rings. The molecular weight excluding hydrogens is 193 g/mol. The van der Waals surface area contributed by atoms with E-state index < -0.39 is 0 Å². The van der Waals surface area contributed by atoms with Crippen LogP contribution in [0.4, 0.5) is 10.1 Å². The van der Waals surface area contributed by atoms with Gasteiger partial charge in [0.1, 0.15) is 5.82 Å². The summed E-state index contributed by atoms with van der Waals surface area (Å²) in [5, 5.41) is 0. The Morgan fingerprint density at radius 2 is 2.07 bits per heavy atom. The third-order valence-corrected chi connectivity index (χ3v) is 2.58. The molecule has 0 aromatic heterocycles. The maximum atomic E-state index is 12.8. The van der Waals surface area contributed by atoms with Crippen LogP contribution in [0.1, 0.15) is 32.8 Å². The third-order valence-electron chi connectivity index (χ3n) is 2.58. The maximum Gasteiger partial charge on any atom is 0.125 e. The Morgan fingerprint density at radius 1 is 1.40 bits per heavy atom. The second-order valence-electron chi connectivity index (χ2n) is 4.25. The molecule has 84 valence electrons. The lowest BCUT2D eigenvalue weighted by Crippen LogP contribution is -2.22. The first-order valence-corrected chi connectivity index (χ1v) is 5.12. The van der Waals surface area contributed by atoms with Gasteiger partial charge in [-0.2, -0.15) is 0 Å². The van der Waals surface area contributed by atoms with Gasteiger partial charge in [0, 0.05) is 11.3 Å². The zero-order valence-electron chi connectivity index (χ0n) is 9.51. The van der Waals surface area contributed by atoms with Crippen LogP contribution in [-0.4, -0.2) is 5.60 Å². The minimum absolute atomic E-state index is 0.166. The summed E-state index contributed by atoms with van der Waals surface area (Å²) in [5.74, 6) is -0.314. The molecule has 0 unspecified atom stereocenters. The summed E-state index contributed by atoms with van der Waals surface area (Å²) in [4.78, 5) is 0. The van der Waals surface area contributed by atoms with Crippen molar-refractivity contribution < 1.29 is 9.13 Å². The minimum Gasteiger partial charge on any atom is -0.398 e. The summed E-state index contributed by atoms with van der Waals surface area (Å²) in [6.45, 7) is 6.53. The lowest BCUT2D eigenvalue weighted by molar-refractivity contribution is -0.0313. The molecule has 0 aliphatic heterocycles. The molecule has 0 bridgehead atoms. The van der Waals surface area contributed by atoms with Gasteiger partial charge >= 0.3 is 0 Å². The van der Waals surface area contributed by atoms with E-state index in [-0.39, 0.29) is 11.4 Å². The van der Waals surface area contributed by atoms with E-state index in [0.29, 0.717) is 12.3 Å². The van der Waals surface area contributed by atoms with Crippen molar-refractivity contribution in [2.75, 3.05) is 5.73 Å². The summed E-state index contributed by atoms with van der Waals surface area (Å²) < 4.78 is 18.5. The number of rotatable bonds is 4. The van der Waals surface area contributed by atoms with Crippen LogP contribution >= 0.6 is 0 Å². The van der Waals surface area contributed by atoms with Crippen LogP contribution in [0, 0.1) is 5.82 Å². The van der Waals surface area contributed by atoms with Crippen molar-refractivity contribution in [3.8, 4) is 0 Å². The van der Waals surface area contributed by atoms with Gasteiger partial charge < -0.3 is 10.5 Å². The van der Waals surface area contributed by atoms with E-state index in [1.807, 2.05) is 13.8 Å². The number of nitrogens with two attached hydrogens (primary N) is 1. The molecule has 1 aromatic carbocycles. The van der Waals surface area contributed by atoms with E-state index >= 15 is 0 Å². The second-order valence-corrected chi connectivity index (χ2v) is 4.25. The Bertz CT molecular complexity index is 336. The van der Waals surface area contributed by atoms with E-state index in [2.05, 4.69) is 6.92 Å². The van der Waals surface area contributed by atoms with Crippen LogP contribution in [0.15, 0.2) is 18.2 Å². The lowest BCUT2D eigenvalue weighted by atomic mass is 10.1. The highest BCUT2D eigenvalue weighted by atomic mass is 19.1. The zero-order valence-corrected chi connectivity index (χ0v) is 9.51. The van der Waals surface area contributed by atoms with Crippen molar-refractivity contribution in [2.45, 2.75) is 39.4 Å². The molecule has 0 spiro atoms. The van der Waals surface area contributed by atoms with Gasteiger partial charge in [-0.3, -0.25) is 0 Å².